The monoisotopic (exact) mass is 398 g/mol. The number of rotatable bonds is 4. The summed E-state index contributed by atoms with van der Waals surface area (Å²) in [6.07, 6.45) is 6.67. The van der Waals surface area contributed by atoms with Gasteiger partial charge in [0, 0.05) is 19.2 Å². The Hall–Kier alpha value is -3.87. The number of benzene rings is 2. The molecule has 1 aliphatic heterocycles. The Labute approximate surface area is 174 Å². The maximum atomic E-state index is 6.26. The Morgan fingerprint density at radius 3 is 2.67 bits per heavy atom. The van der Waals surface area contributed by atoms with Crippen LogP contribution < -0.4 is 10.5 Å². The van der Waals surface area contributed by atoms with Crippen molar-refractivity contribution in [3.8, 4) is 22.8 Å². The smallest absolute Gasteiger partial charge is 0.164 e. The molecule has 2 aromatic heterocycles. The van der Waals surface area contributed by atoms with Gasteiger partial charge in [0.2, 0.25) is 0 Å². The van der Waals surface area contributed by atoms with Crippen molar-refractivity contribution in [3.63, 3.8) is 0 Å². The van der Waals surface area contributed by atoms with E-state index in [1.54, 1.807) is 0 Å². The summed E-state index contributed by atoms with van der Waals surface area (Å²) in [5, 5.41) is 5.69. The molecule has 2 N–H and O–H groups in total. The number of para-hydroxylation sites is 1. The summed E-state index contributed by atoms with van der Waals surface area (Å²) >= 11 is 0. The first-order chi connectivity index (χ1) is 14.7. The molecule has 4 aromatic rings. The molecule has 0 spiro atoms. The van der Waals surface area contributed by atoms with E-state index in [2.05, 4.69) is 34.2 Å². The van der Waals surface area contributed by atoms with Crippen LogP contribution in [0.3, 0.4) is 0 Å². The average molecular weight is 398 g/mol. The number of fused-ring (bicyclic) bond motifs is 1. The maximum absolute atomic E-state index is 6.26. The normalized spacial score (nSPS) is 16.2. The quantitative estimate of drug-likeness (QED) is 0.553. The summed E-state index contributed by atoms with van der Waals surface area (Å²) in [5.41, 5.74) is 8.67. The van der Waals surface area contributed by atoms with Gasteiger partial charge in [0.15, 0.2) is 5.65 Å². The third-order valence-corrected chi connectivity index (χ3v) is 5.26. The van der Waals surface area contributed by atoms with E-state index >= 15 is 0 Å². The lowest BCUT2D eigenvalue weighted by Gasteiger charge is -2.24. The summed E-state index contributed by atoms with van der Waals surface area (Å²) < 4.78 is 7.96. The van der Waals surface area contributed by atoms with Crippen molar-refractivity contribution in [2.24, 2.45) is 0 Å². The highest BCUT2D eigenvalue weighted by Gasteiger charge is 2.22. The van der Waals surface area contributed by atoms with E-state index in [-0.39, 0.29) is 6.04 Å². The molecule has 150 valence electrons. The van der Waals surface area contributed by atoms with Crippen molar-refractivity contribution < 1.29 is 4.74 Å². The first-order valence-electron chi connectivity index (χ1n) is 9.89. The Kier molecular flexibility index (Phi) is 4.55. The van der Waals surface area contributed by atoms with Gasteiger partial charge in [-0.2, -0.15) is 5.10 Å². The first-order valence-corrected chi connectivity index (χ1v) is 9.89. The van der Waals surface area contributed by atoms with E-state index in [1.807, 2.05) is 59.3 Å². The number of hydrogen-bond acceptors (Lipinski definition) is 6. The van der Waals surface area contributed by atoms with Gasteiger partial charge in [-0.3, -0.25) is 0 Å². The number of nitrogens with zero attached hydrogens (tertiary/aromatic N) is 5. The van der Waals surface area contributed by atoms with Crippen LogP contribution in [-0.2, 0) is 0 Å². The topological polar surface area (TPSA) is 82.1 Å². The number of hydrogen-bond donors (Lipinski definition) is 1. The van der Waals surface area contributed by atoms with Gasteiger partial charge in [-0.25, -0.2) is 14.6 Å². The fourth-order valence-corrected chi connectivity index (χ4v) is 3.72. The summed E-state index contributed by atoms with van der Waals surface area (Å²) in [7, 11) is 2.07. The van der Waals surface area contributed by atoms with Gasteiger partial charge in [0.25, 0.3) is 0 Å². The Bertz CT molecular complexity index is 1220. The standard InChI is InChI=1S/C23H22N6O/c1-28-12-10-17(11-13-28)29-23-20(22(24)25-15-26-23)21(27-29)16-6-5-9-19(14-16)30-18-7-3-2-4-8-18/h2-10,12,14-15,17H,11,13H2,1H3,(H2,24,25,26)/t17-/m0/s1. The maximum Gasteiger partial charge on any atom is 0.164 e. The molecule has 0 saturated heterocycles. The van der Waals surface area contributed by atoms with E-state index in [9.17, 15) is 0 Å². The van der Waals surface area contributed by atoms with Gasteiger partial charge in [-0.05, 0) is 43.0 Å². The Morgan fingerprint density at radius 2 is 1.87 bits per heavy atom. The Morgan fingerprint density at radius 1 is 1.03 bits per heavy atom. The SMILES string of the molecule is CN1C=C[C@H](n2nc(-c3cccc(Oc4ccccc4)c3)c3c(N)ncnc32)CC1. The van der Waals surface area contributed by atoms with Crippen LogP contribution in [0.4, 0.5) is 5.82 Å². The highest BCUT2D eigenvalue weighted by atomic mass is 16.5. The van der Waals surface area contributed by atoms with Crippen LogP contribution in [0.5, 0.6) is 11.5 Å². The lowest BCUT2D eigenvalue weighted by atomic mass is 10.1. The largest absolute Gasteiger partial charge is 0.457 e. The number of aromatic nitrogens is 4. The molecular formula is C23H22N6O. The van der Waals surface area contributed by atoms with Crippen LogP contribution in [0.1, 0.15) is 12.5 Å². The molecular weight excluding hydrogens is 376 g/mol. The lowest BCUT2D eigenvalue weighted by molar-refractivity contribution is 0.364. The van der Waals surface area contributed by atoms with Gasteiger partial charge >= 0.3 is 0 Å². The molecule has 2 aromatic carbocycles. The zero-order valence-corrected chi connectivity index (χ0v) is 16.6. The van der Waals surface area contributed by atoms with E-state index in [4.69, 9.17) is 15.6 Å². The molecule has 0 aliphatic carbocycles. The zero-order chi connectivity index (χ0) is 20.5. The average Bonchev–Trinajstić information content (AvgIpc) is 3.16. The van der Waals surface area contributed by atoms with Crippen molar-refractivity contribution in [1.82, 2.24) is 24.6 Å². The van der Waals surface area contributed by atoms with E-state index < -0.39 is 0 Å². The molecule has 0 unspecified atom stereocenters. The van der Waals surface area contributed by atoms with Crippen LogP contribution >= 0.6 is 0 Å². The lowest BCUT2D eigenvalue weighted by Crippen LogP contribution is -2.23. The summed E-state index contributed by atoms with van der Waals surface area (Å²) in [4.78, 5) is 10.9. The van der Waals surface area contributed by atoms with Crippen molar-refractivity contribution in [2.75, 3.05) is 19.3 Å². The molecule has 0 bridgehead atoms. The van der Waals surface area contributed by atoms with Crippen LogP contribution in [0.25, 0.3) is 22.3 Å². The minimum absolute atomic E-state index is 0.121. The van der Waals surface area contributed by atoms with Gasteiger partial charge in [0.1, 0.15) is 29.3 Å². The van der Waals surface area contributed by atoms with Crippen LogP contribution in [0, 0.1) is 0 Å². The molecule has 0 saturated carbocycles. The molecule has 0 amide bonds. The van der Waals surface area contributed by atoms with Gasteiger partial charge in [0.05, 0.1) is 11.4 Å². The third-order valence-electron chi connectivity index (χ3n) is 5.26. The fourth-order valence-electron chi connectivity index (χ4n) is 3.72. The summed E-state index contributed by atoms with van der Waals surface area (Å²) in [6, 6.07) is 17.7. The predicted molar refractivity (Wildman–Crippen MR) is 117 cm³/mol. The summed E-state index contributed by atoms with van der Waals surface area (Å²) in [6.45, 7) is 0.957. The van der Waals surface area contributed by atoms with Crippen molar-refractivity contribution in [1.29, 1.82) is 0 Å². The second-order valence-corrected chi connectivity index (χ2v) is 7.37. The van der Waals surface area contributed by atoms with Crippen LogP contribution in [0.2, 0.25) is 0 Å². The molecule has 5 rings (SSSR count). The summed E-state index contributed by atoms with van der Waals surface area (Å²) in [5.74, 6) is 1.94. The van der Waals surface area contributed by atoms with E-state index in [1.165, 1.54) is 6.33 Å². The number of nitrogen functional groups attached to an aromatic ring is 1. The number of ether oxygens (including phenoxy) is 1. The minimum Gasteiger partial charge on any atom is -0.457 e. The molecule has 1 atom stereocenters. The molecule has 0 fully saturated rings. The number of nitrogens with two attached hydrogens (primary N) is 1. The molecule has 1 aliphatic rings. The predicted octanol–water partition coefficient (Wildman–Crippen LogP) is 4.26. The highest BCUT2D eigenvalue weighted by molar-refractivity contribution is 5.98. The van der Waals surface area contributed by atoms with E-state index in [0.29, 0.717) is 5.82 Å². The molecule has 30 heavy (non-hydrogen) atoms. The first kappa shape index (κ1) is 18.2. The highest BCUT2D eigenvalue weighted by Crippen LogP contribution is 2.35. The second-order valence-electron chi connectivity index (χ2n) is 7.37. The van der Waals surface area contributed by atoms with Crippen molar-refractivity contribution in [3.05, 3.63) is 73.2 Å². The minimum atomic E-state index is 0.121. The second kappa shape index (κ2) is 7.51. The molecule has 3 heterocycles. The van der Waals surface area contributed by atoms with Crippen LogP contribution in [-0.4, -0.2) is 38.2 Å². The van der Waals surface area contributed by atoms with Crippen molar-refractivity contribution >= 4 is 16.9 Å². The molecule has 7 nitrogen and oxygen atoms in total. The third kappa shape index (κ3) is 3.34. The number of anilines is 1. The van der Waals surface area contributed by atoms with Gasteiger partial charge in [-0.1, -0.05) is 30.3 Å². The Balaban J connectivity index is 1.59. The van der Waals surface area contributed by atoms with E-state index in [0.717, 1.165) is 46.8 Å². The number of allylic oxidation sites excluding steroid dienone is 1. The van der Waals surface area contributed by atoms with Gasteiger partial charge < -0.3 is 15.4 Å². The van der Waals surface area contributed by atoms with Gasteiger partial charge in [-0.15, -0.1) is 0 Å². The van der Waals surface area contributed by atoms with Crippen LogP contribution in [0.15, 0.2) is 73.2 Å². The molecule has 0 radical (unpaired) electrons. The molecule has 7 heteroatoms. The zero-order valence-electron chi connectivity index (χ0n) is 16.6. The van der Waals surface area contributed by atoms with Crippen molar-refractivity contribution in [2.45, 2.75) is 12.5 Å². The fraction of sp³-hybridized carbons (Fsp3) is 0.174.